The lowest BCUT2D eigenvalue weighted by Gasteiger charge is -2.06. The summed E-state index contributed by atoms with van der Waals surface area (Å²) in [6.07, 6.45) is 1.85. The van der Waals surface area contributed by atoms with E-state index in [0.717, 1.165) is 28.1 Å². The average molecular weight is 416 g/mol. The molecule has 158 valence electrons. The first-order valence-electron chi connectivity index (χ1n) is 9.93. The molecule has 0 amide bonds. The normalized spacial score (nSPS) is 10.9. The number of hydrogen-bond donors (Lipinski definition) is 1. The van der Waals surface area contributed by atoms with Crippen LogP contribution in [0.3, 0.4) is 0 Å². The summed E-state index contributed by atoms with van der Waals surface area (Å²) in [4.78, 5) is 8.72. The molecule has 0 atom stereocenters. The third-order valence-electron chi connectivity index (χ3n) is 4.68. The molecule has 0 aliphatic heterocycles. The molecule has 2 aromatic heterocycles. The maximum absolute atomic E-state index is 5.96. The number of hydrogen-bond acceptors (Lipinski definition) is 7. The van der Waals surface area contributed by atoms with Crippen molar-refractivity contribution in [2.24, 2.45) is 0 Å². The number of aromatic nitrogens is 5. The van der Waals surface area contributed by atoms with Gasteiger partial charge < -0.3 is 15.2 Å². The third-order valence-corrected chi connectivity index (χ3v) is 4.68. The van der Waals surface area contributed by atoms with Gasteiger partial charge in [-0.25, -0.2) is 14.6 Å². The standard InChI is InChI=1S/C23H24N6O2/c1-16-4-3-5-18(12-16)20-13-21(26-23(24)25-20)22-15-29(28-27-22)14-17-6-8-19(9-7-17)31-11-10-30-2/h3-9,12-13,15H,10-11,14H2,1-2H3,(H2,24,25,26). The molecule has 4 aromatic rings. The van der Waals surface area contributed by atoms with E-state index in [0.29, 0.717) is 31.1 Å². The van der Waals surface area contributed by atoms with Gasteiger partial charge in [0.05, 0.1) is 30.7 Å². The van der Waals surface area contributed by atoms with Gasteiger partial charge in [-0.05, 0) is 36.8 Å². The zero-order chi connectivity index (χ0) is 21.6. The summed E-state index contributed by atoms with van der Waals surface area (Å²) in [5.41, 5.74) is 11.2. The fraction of sp³-hybridized carbons (Fsp3) is 0.217. The van der Waals surface area contributed by atoms with Crippen LogP contribution in [0, 0.1) is 6.92 Å². The first-order chi connectivity index (χ1) is 15.1. The van der Waals surface area contributed by atoms with Gasteiger partial charge in [-0.3, -0.25) is 0 Å². The van der Waals surface area contributed by atoms with Crippen molar-refractivity contribution >= 4 is 5.95 Å². The maximum Gasteiger partial charge on any atom is 0.221 e. The van der Waals surface area contributed by atoms with E-state index in [9.17, 15) is 0 Å². The number of benzene rings is 2. The molecule has 4 rings (SSSR count). The van der Waals surface area contributed by atoms with Crippen molar-refractivity contribution in [1.29, 1.82) is 0 Å². The van der Waals surface area contributed by atoms with Gasteiger partial charge in [0.25, 0.3) is 0 Å². The lowest BCUT2D eigenvalue weighted by Crippen LogP contribution is -2.04. The maximum atomic E-state index is 5.96. The van der Waals surface area contributed by atoms with Crippen LogP contribution in [0.25, 0.3) is 22.6 Å². The van der Waals surface area contributed by atoms with E-state index in [1.54, 1.807) is 11.8 Å². The van der Waals surface area contributed by atoms with Gasteiger partial charge in [0, 0.05) is 12.7 Å². The predicted molar refractivity (Wildman–Crippen MR) is 119 cm³/mol. The van der Waals surface area contributed by atoms with Gasteiger partial charge in [-0.1, -0.05) is 41.1 Å². The molecule has 2 heterocycles. The second kappa shape index (κ2) is 9.36. The summed E-state index contributed by atoms with van der Waals surface area (Å²) in [7, 11) is 1.65. The fourth-order valence-corrected chi connectivity index (χ4v) is 3.16. The first-order valence-corrected chi connectivity index (χ1v) is 9.93. The van der Waals surface area contributed by atoms with Crippen molar-refractivity contribution < 1.29 is 9.47 Å². The lowest BCUT2D eigenvalue weighted by atomic mass is 10.1. The highest BCUT2D eigenvalue weighted by atomic mass is 16.5. The molecule has 0 fully saturated rings. The van der Waals surface area contributed by atoms with Crippen LogP contribution >= 0.6 is 0 Å². The number of nitrogens with two attached hydrogens (primary N) is 1. The third kappa shape index (κ3) is 5.23. The number of ether oxygens (including phenoxy) is 2. The number of methoxy groups -OCH3 is 1. The smallest absolute Gasteiger partial charge is 0.221 e. The van der Waals surface area contributed by atoms with Crippen LogP contribution in [0.15, 0.2) is 60.8 Å². The monoisotopic (exact) mass is 416 g/mol. The molecule has 0 unspecified atom stereocenters. The van der Waals surface area contributed by atoms with E-state index in [1.807, 2.05) is 61.7 Å². The largest absolute Gasteiger partial charge is 0.491 e. The average Bonchev–Trinajstić information content (AvgIpc) is 3.23. The Hall–Kier alpha value is -3.78. The van der Waals surface area contributed by atoms with Crippen LogP contribution < -0.4 is 10.5 Å². The Labute approximate surface area is 180 Å². The Morgan fingerprint density at radius 1 is 0.935 bits per heavy atom. The molecule has 8 nitrogen and oxygen atoms in total. The van der Waals surface area contributed by atoms with Crippen LogP contribution in [0.4, 0.5) is 5.95 Å². The van der Waals surface area contributed by atoms with E-state index in [2.05, 4.69) is 26.3 Å². The molecule has 2 aromatic carbocycles. The van der Waals surface area contributed by atoms with E-state index >= 15 is 0 Å². The fourth-order valence-electron chi connectivity index (χ4n) is 3.16. The lowest BCUT2D eigenvalue weighted by molar-refractivity contribution is 0.146. The van der Waals surface area contributed by atoms with Gasteiger partial charge in [0.1, 0.15) is 18.1 Å². The van der Waals surface area contributed by atoms with Gasteiger partial charge in [-0.15, -0.1) is 5.10 Å². The molecular formula is C23H24N6O2. The van der Waals surface area contributed by atoms with Crippen molar-refractivity contribution in [1.82, 2.24) is 25.0 Å². The van der Waals surface area contributed by atoms with E-state index < -0.39 is 0 Å². The molecule has 0 spiro atoms. The Bertz CT molecular complexity index is 1160. The SMILES string of the molecule is COCCOc1ccc(Cn2cc(-c3cc(-c4cccc(C)c4)nc(N)n3)nn2)cc1. The minimum absolute atomic E-state index is 0.201. The van der Waals surface area contributed by atoms with Crippen LogP contribution in [-0.4, -0.2) is 45.3 Å². The summed E-state index contributed by atoms with van der Waals surface area (Å²) in [6.45, 7) is 3.70. The van der Waals surface area contributed by atoms with Crippen molar-refractivity contribution in [3.05, 3.63) is 71.9 Å². The molecular weight excluding hydrogens is 392 g/mol. The minimum Gasteiger partial charge on any atom is -0.491 e. The summed E-state index contributed by atoms with van der Waals surface area (Å²) in [5, 5.41) is 8.51. The number of nitrogens with zero attached hydrogens (tertiary/aromatic N) is 5. The summed E-state index contributed by atoms with van der Waals surface area (Å²) in [6, 6.07) is 17.8. The number of anilines is 1. The van der Waals surface area contributed by atoms with Crippen molar-refractivity contribution in [2.45, 2.75) is 13.5 Å². The zero-order valence-corrected chi connectivity index (χ0v) is 17.5. The highest BCUT2D eigenvalue weighted by molar-refractivity contribution is 5.67. The molecule has 0 bridgehead atoms. The van der Waals surface area contributed by atoms with Crippen LogP contribution in [0.2, 0.25) is 0 Å². The highest BCUT2D eigenvalue weighted by Crippen LogP contribution is 2.24. The highest BCUT2D eigenvalue weighted by Gasteiger charge is 2.11. The van der Waals surface area contributed by atoms with Crippen LogP contribution in [0.1, 0.15) is 11.1 Å². The van der Waals surface area contributed by atoms with Crippen molar-refractivity contribution in [3.8, 4) is 28.4 Å². The summed E-state index contributed by atoms with van der Waals surface area (Å²) in [5.74, 6) is 1.01. The molecule has 8 heteroatoms. The van der Waals surface area contributed by atoms with E-state index in [4.69, 9.17) is 15.2 Å². The topological polar surface area (TPSA) is 101 Å². The first kappa shape index (κ1) is 20.5. The second-order valence-corrected chi connectivity index (χ2v) is 7.15. The van der Waals surface area contributed by atoms with Crippen LogP contribution in [-0.2, 0) is 11.3 Å². The van der Waals surface area contributed by atoms with E-state index in [-0.39, 0.29) is 5.95 Å². The van der Waals surface area contributed by atoms with Gasteiger partial charge in [0.15, 0.2) is 0 Å². The predicted octanol–water partition coefficient (Wildman–Crippen LogP) is 3.37. The van der Waals surface area contributed by atoms with Crippen molar-refractivity contribution in [2.75, 3.05) is 26.1 Å². The van der Waals surface area contributed by atoms with Crippen LogP contribution in [0.5, 0.6) is 5.75 Å². The molecule has 0 saturated heterocycles. The van der Waals surface area contributed by atoms with Gasteiger partial charge >= 0.3 is 0 Å². The van der Waals surface area contributed by atoms with E-state index in [1.165, 1.54) is 0 Å². The molecule has 0 radical (unpaired) electrons. The summed E-state index contributed by atoms with van der Waals surface area (Å²) >= 11 is 0. The summed E-state index contributed by atoms with van der Waals surface area (Å²) < 4.78 is 12.3. The number of aryl methyl sites for hydroxylation is 1. The van der Waals surface area contributed by atoms with Gasteiger partial charge in [0.2, 0.25) is 5.95 Å². The zero-order valence-electron chi connectivity index (χ0n) is 17.5. The molecule has 0 aliphatic carbocycles. The van der Waals surface area contributed by atoms with Gasteiger partial charge in [-0.2, -0.15) is 0 Å². The van der Waals surface area contributed by atoms with Crippen molar-refractivity contribution in [3.63, 3.8) is 0 Å². The molecule has 0 saturated carbocycles. The quantitative estimate of drug-likeness (QED) is 0.440. The Morgan fingerprint density at radius 2 is 1.74 bits per heavy atom. The molecule has 31 heavy (non-hydrogen) atoms. The molecule has 0 aliphatic rings. The second-order valence-electron chi connectivity index (χ2n) is 7.15. The Morgan fingerprint density at radius 3 is 2.52 bits per heavy atom. The Kier molecular flexibility index (Phi) is 6.18. The Balaban J connectivity index is 1.50. The number of nitrogen functional groups attached to an aromatic ring is 1. The number of rotatable bonds is 8. The molecule has 2 N–H and O–H groups in total. The minimum atomic E-state index is 0.201.